The van der Waals surface area contributed by atoms with E-state index in [1.807, 2.05) is 40.8 Å². The smallest absolute Gasteiger partial charge is 0.168 e. The standard InChI is InChI=1S/C20H19N3.C19H27N3O3.C18H25N3.C18H27N3.C16H22FN3.C15H21N3/c1-14(2)19-20(23-12-6-5-9-18(23)22-19)21-17-11-10-15-7-3-4-8-16(15)13-17;1-23-16-12-14(19(24-2)25-16)17-18(20-13-8-4-3-5-9-13)22-11-7-6-10-15(22)21-17;1-2-10-15(11-3-1)19-18-17(14-8-4-5-9-14)20-16-12-6-7-13-21(16)18;1-12(2)17-18(19-15-8-6-5-7-9-15)21-14(4)10-13(3)11-16(21)20-17;1-11(2)15-16(18-13-6-4-3-5-7-13)20-10-12(17)8-9-14(20)19-15;1-2-3-5-10-16-15-14(12-8-9-12)17-13-7-4-6-11-18(13)15/h3-14,21H,1-2H3;6-7,10-11,13-14,16,19-20H,3-5,8-9,12H2,1-2H3;6-7,12-15,19H,1-5,8-11H2;10-12,15,19H,5-9H2,1-4H3;8-11,13,18H,3-7H2,1-2H3;4,6-7,11-12,16H,2-3,5,8-10H2,1H3. The van der Waals surface area contributed by atoms with Crippen molar-refractivity contribution in [1.29, 1.82) is 0 Å². The van der Waals surface area contributed by atoms with Gasteiger partial charge in [0.05, 0.1) is 40.1 Å². The van der Waals surface area contributed by atoms with Crippen molar-refractivity contribution in [1.82, 2.24) is 56.3 Å². The monoisotopic (exact) mass is 1730 g/mol. The topological polar surface area (TPSA) is 204 Å². The van der Waals surface area contributed by atoms with Crippen molar-refractivity contribution in [3.05, 3.63) is 222 Å². The number of aryl methyl sites for hydroxylation is 2. The predicted molar refractivity (Wildman–Crippen MR) is 523 cm³/mol. The Morgan fingerprint density at radius 3 is 1.37 bits per heavy atom. The molecule has 21 nitrogen and oxygen atoms in total. The molecule has 6 N–H and O–H groups in total. The average molecular weight is 1730 g/mol. The van der Waals surface area contributed by atoms with Gasteiger partial charge in [0.25, 0.3) is 0 Å². The molecule has 0 bridgehead atoms. The molecule has 12 aromatic heterocycles. The molecule has 3 atom stereocenters. The summed E-state index contributed by atoms with van der Waals surface area (Å²) < 4.78 is 43.2. The summed E-state index contributed by atoms with van der Waals surface area (Å²) in [5, 5.41) is 24.7. The molecule has 0 spiro atoms. The molecule has 14 aromatic rings. The molecule has 6 saturated carbocycles. The van der Waals surface area contributed by atoms with E-state index in [9.17, 15) is 4.39 Å². The molecule has 6 aliphatic carbocycles. The van der Waals surface area contributed by atoms with Crippen molar-refractivity contribution in [2.45, 2.75) is 327 Å². The van der Waals surface area contributed by atoms with Gasteiger partial charge in [0.1, 0.15) is 74.6 Å². The van der Waals surface area contributed by atoms with Gasteiger partial charge in [-0.3, -0.25) is 26.4 Å². The number of benzene rings is 2. The number of halogens is 1. The molecule has 0 amide bonds. The number of unbranched alkanes of at least 4 members (excludes halogenated alkanes) is 2. The predicted octanol–water partition coefficient (Wildman–Crippen LogP) is 26.6. The van der Waals surface area contributed by atoms with Gasteiger partial charge in [-0.15, -0.1) is 0 Å². The van der Waals surface area contributed by atoms with Crippen LogP contribution in [0, 0.1) is 19.7 Å². The second-order valence-corrected chi connectivity index (χ2v) is 37.9. The minimum absolute atomic E-state index is 0.0564. The van der Waals surface area contributed by atoms with E-state index in [2.05, 4.69) is 237 Å². The maximum absolute atomic E-state index is 13.5. The Morgan fingerprint density at radius 2 is 0.844 bits per heavy atom. The number of pyridine rings is 6. The fraction of sp³-hybridized carbons (Fsp3) is 0.509. The zero-order chi connectivity index (χ0) is 88.6. The van der Waals surface area contributed by atoms with Gasteiger partial charge in [0.15, 0.2) is 12.6 Å². The van der Waals surface area contributed by atoms with Crippen molar-refractivity contribution in [2.24, 2.45) is 0 Å². The highest BCUT2D eigenvalue weighted by atomic mass is 19.1. The summed E-state index contributed by atoms with van der Waals surface area (Å²) >= 11 is 0. The lowest BCUT2D eigenvalue weighted by molar-refractivity contribution is -0.188. The Balaban J connectivity index is 0.000000113. The molecular formula is C106H141FN18O3. The van der Waals surface area contributed by atoms with Gasteiger partial charge in [-0.2, -0.15) is 0 Å². The number of nitrogens with one attached hydrogen (secondary N) is 6. The molecule has 680 valence electrons. The fourth-order valence-corrected chi connectivity index (χ4v) is 20.1. The minimum Gasteiger partial charge on any atom is -0.370 e. The number of methoxy groups -OCH3 is 2. The van der Waals surface area contributed by atoms with Crippen LogP contribution in [0.3, 0.4) is 0 Å². The highest BCUT2D eigenvalue weighted by Gasteiger charge is 2.41. The summed E-state index contributed by atoms with van der Waals surface area (Å²) in [7, 11) is 3.35. The van der Waals surface area contributed by atoms with E-state index in [4.69, 9.17) is 39.1 Å². The van der Waals surface area contributed by atoms with Crippen molar-refractivity contribution in [3.8, 4) is 0 Å². The van der Waals surface area contributed by atoms with E-state index in [1.54, 1.807) is 20.3 Å². The van der Waals surface area contributed by atoms with Crippen LogP contribution in [0.2, 0.25) is 0 Å². The third kappa shape index (κ3) is 22.0. The van der Waals surface area contributed by atoms with Gasteiger partial charge in [-0.25, -0.2) is 34.3 Å². The minimum atomic E-state index is -0.332. The van der Waals surface area contributed by atoms with Crippen molar-refractivity contribution in [2.75, 3.05) is 52.7 Å². The first-order valence-corrected chi connectivity index (χ1v) is 48.9. The molecule has 128 heavy (non-hydrogen) atoms. The van der Waals surface area contributed by atoms with E-state index < -0.39 is 0 Å². The second kappa shape index (κ2) is 43.2. The van der Waals surface area contributed by atoms with Crippen LogP contribution in [0.4, 0.5) is 45.0 Å². The van der Waals surface area contributed by atoms with Crippen molar-refractivity contribution >= 4 is 85.3 Å². The van der Waals surface area contributed by atoms with Crippen LogP contribution in [0.25, 0.3) is 44.7 Å². The number of nitrogens with zero attached hydrogens (tertiary/aromatic N) is 12. The fourth-order valence-electron chi connectivity index (χ4n) is 20.1. The highest BCUT2D eigenvalue weighted by Crippen LogP contribution is 2.45. The Bertz CT molecular complexity index is 5900. The molecule has 3 unspecified atom stereocenters. The Labute approximate surface area is 757 Å². The SMILES string of the molecule is CC(C)c1nc2ccc(F)cn2c1NC1CCCCC1.CC(C)c1nc2ccccn2c1Nc1ccc2ccccc2c1.CCCCCNc1c(C2CC2)nc2ccccn12.COC1CC(c2nc3ccccn3c2NC2CCCCC2)C(OC)O1.Cc1cc(C)n2c(NC3CCCCC3)c(C(C)C)nc2c1.c1ccn2c(NC3CCCCC3)c(C3CCCC3)nc2c1. The number of rotatable bonds is 23. The summed E-state index contributed by atoms with van der Waals surface area (Å²) in [5.41, 5.74) is 16.5. The highest BCUT2D eigenvalue weighted by molar-refractivity contribution is 5.86. The van der Waals surface area contributed by atoms with E-state index in [0.717, 1.165) is 87.1 Å². The molecule has 21 rings (SSSR count). The molecule has 1 aliphatic heterocycles. The first kappa shape index (κ1) is 90.8. The molecule has 2 aromatic carbocycles. The third-order valence-corrected chi connectivity index (χ3v) is 27.0. The summed E-state index contributed by atoms with van der Waals surface area (Å²) in [6.07, 6.45) is 47.9. The lowest BCUT2D eigenvalue weighted by Gasteiger charge is -2.25. The Morgan fingerprint density at radius 1 is 0.406 bits per heavy atom. The van der Waals surface area contributed by atoms with Crippen molar-refractivity contribution in [3.63, 3.8) is 0 Å². The number of ether oxygens (including phenoxy) is 3. The maximum atomic E-state index is 13.5. The molecule has 7 fully saturated rings. The van der Waals surface area contributed by atoms with E-state index >= 15 is 0 Å². The molecule has 7 aliphatic rings. The van der Waals surface area contributed by atoms with E-state index in [0.29, 0.717) is 53.8 Å². The van der Waals surface area contributed by atoms with Crippen molar-refractivity contribution < 1.29 is 18.6 Å². The number of fused-ring (bicyclic) bond motifs is 7. The second-order valence-electron chi connectivity index (χ2n) is 37.9. The van der Waals surface area contributed by atoms with Crippen LogP contribution in [0.15, 0.2) is 171 Å². The van der Waals surface area contributed by atoms with Gasteiger partial charge in [-0.05, 0) is 216 Å². The third-order valence-electron chi connectivity index (χ3n) is 27.0. The summed E-state index contributed by atoms with van der Waals surface area (Å²) in [6, 6.07) is 49.5. The molecule has 22 heteroatoms. The number of hydrogen-bond acceptors (Lipinski definition) is 15. The first-order chi connectivity index (χ1) is 62.5. The van der Waals surface area contributed by atoms with E-state index in [1.165, 1.54) is 255 Å². The number of anilines is 7. The molecule has 0 radical (unpaired) electrons. The van der Waals surface area contributed by atoms with Crippen LogP contribution >= 0.6 is 0 Å². The summed E-state index contributed by atoms with van der Waals surface area (Å²) in [4.78, 5) is 29.0. The van der Waals surface area contributed by atoms with Crippen LogP contribution in [-0.4, -0.2) is 114 Å². The molecular weight excluding hydrogens is 1590 g/mol. The molecule has 1 saturated heterocycles. The average Bonchev–Trinajstić information content (AvgIpc) is 1.64. The number of hydrogen-bond donors (Lipinski definition) is 6. The quantitative estimate of drug-likeness (QED) is 0.0330. The van der Waals surface area contributed by atoms with Gasteiger partial charge < -0.3 is 46.1 Å². The van der Waals surface area contributed by atoms with Gasteiger partial charge in [-0.1, -0.05) is 206 Å². The van der Waals surface area contributed by atoms with E-state index in [-0.39, 0.29) is 24.3 Å². The normalized spacial score (nSPS) is 18.5. The number of imidazole rings is 6. The van der Waals surface area contributed by atoms with Crippen LogP contribution < -0.4 is 31.9 Å². The summed E-state index contributed by atoms with van der Waals surface area (Å²) in [6.45, 7) is 20.7. The Hall–Kier alpha value is -10.6. The van der Waals surface area contributed by atoms with Gasteiger partial charge in [0.2, 0.25) is 0 Å². The van der Waals surface area contributed by atoms with Crippen LogP contribution in [0.5, 0.6) is 0 Å². The van der Waals surface area contributed by atoms with Crippen LogP contribution in [0.1, 0.15) is 322 Å². The zero-order valence-corrected chi connectivity index (χ0v) is 78.0. The zero-order valence-electron chi connectivity index (χ0n) is 78.0. The lowest BCUT2D eigenvalue weighted by atomic mass is 9.95. The van der Waals surface area contributed by atoms with Crippen LogP contribution in [-0.2, 0) is 14.2 Å². The number of aromatic nitrogens is 12. The largest absolute Gasteiger partial charge is 0.370 e. The van der Waals surface area contributed by atoms with Gasteiger partial charge >= 0.3 is 0 Å². The lowest BCUT2D eigenvalue weighted by Crippen LogP contribution is -2.25. The summed E-state index contributed by atoms with van der Waals surface area (Å²) in [5.74, 6) is 9.14. The maximum Gasteiger partial charge on any atom is 0.168 e. The first-order valence-electron chi connectivity index (χ1n) is 48.9. The Kier molecular flexibility index (Phi) is 30.7. The van der Waals surface area contributed by atoms with Gasteiger partial charge in [0, 0.05) is 106 Å². The molecule has 13 heterocycles.